The predicted octanol–water partition coefficient (Wildman–Crippen LogP) is 1.23. The Kier molecular flexibility index (Phi) is 3.69. The minimum atomic E-state index is -0.247. The molecule has 1 aromatic rings. The number of nitrogens with one attached hydrogen (secondary N) is 1. The molecule has 20 heavy (non-hydrogen) atoms. The molecular weight excluding hydrogens is 256 g/mol. The molecule has 6 heteroatoms. The molecule has 1 amide bonds. The van der Waals surface area contributed by atoms with Crippen molar-refractivity contribution in [2.24, 2.45) is 0 Å². The quantitative estimate of drug-likeness (QED) is 0.881. The summed E-state index contributed by atoms with van der Waals surface area (Å²) >= 11 is 0. The van der Waals surface area contributed by atoms with Crippen molar-refractivity contribution >= 4 is 11.7 Å². The molecule has 6 nitrogen and oxygen atoms in total. The van der Waals surface area contributed by atoms with Crippen LogP contribution in [-0.2, 0) is 4.74 Å². The second kappa shape index (κ2) is 5.01. The average Bonchev–Trinajstić information content (AvgIpc) is 2.34. The van der Waals surface area contributed by atoms with Gasteiger partial charge >= 0.3 is 0 Å². The molecule has 0 spiro atoms. The van der Waals surface area contributed by atoms with Gasteiger partial charge in [0.05, 0.1) is 11.2 Å². The second-order valence-corrected chi connectivity index (χ2v) is 6.33. The number of carbonyl (C=O) groups is 1. The minimum absolute atomic E-state index is 0.230. The molecule has 2 heterocycles. The summed E-state index contributed by atoms with van der Waals surface area (Å²) in [7, 11) is 1.57. The van der Waals surface area contributed by atoms with Crippen LogP contribution in [-0.4, -0.2) is 47.4 Å². The number of morpholine rings is 1. The molecule has 1 aliphatic heterocycles. The summed E-state index contributed by atoms with van der Waals surface area (Å²) < 4.78 is 6.04. The summed E-state index contributed by atoms with van der Waals surface area (Å²) in [4.78, 5) is 13.6. The van der Waals surface area contributed by atoms with E-state index in [0.29, 0.717) is 5.69 Å². The molecule has 0 unspecified atom stereocenters. The zero-order valence-corrected chi connectivity index (χ0v) is 12.7. The molecule has 1 aliphatic rings. The predicted molar refractivity (Wildman–Crippen MR) is 76.9 cm³/mol. The topological polar surface area (TPSA) is 67.4 Å². The number of hydrogen-bond acceptors (Lipinski definition) is 5. The van der Waals surface area contributed by atoms with E-state index >= 15 is 0 Å². The molecule has 1 saturated heterocycles. The highest BCUT2D eigenvalue weighted by Crippen LogP contribution is 2.30. The Morgan fingerprint density at radius 3 is 2.25 bits per heavy atom. The summed E-state index contributed by atoms with van der Waals surface area (Å²) in [6.07, 6.45) is 0. The smallest absolute Gasteiger partial charge is 0.271 e. The average molecular weight is 278 g/mol. The Bertz CT molecular complexity index is 480. The Hall–Kier alpha value is -1.69. The van der Waals surface area contributed by atoms with E-state index in [9.17, 15) is 4.79 Å². The summed E-state index contributed by atoms with van der Waals surface area (Å²) in [6, 6.07) is 3.52. The van der Waals surface area contributed by atoms with Crippen molar-refractivity contribution in [2.75, 3.05) is 25.0 Å². The molecule has 0 saturated carbocycles. The van der Waals surface area contributed by atoms with Crippen LogP contribution in [0.15, 0.2) is 12.1 Å². The first-order chi connectivity index (χ1) is 9.22. The van der Waals surface area contributed by atoms with E-state index in [-0.39, 0.29) is 17.1 Å². The number of anilines is 1. The number of amides is 1. The van der Waals surface area contributed by atoms with Crippen LogP contribution in [0.1, 0.15) is 38.2 Å². The second-order valence-electron chi connectivity index (χ2n) is 6.33. The van der Waals surface area contributed by atoms with Crippen molar-refractivity contribution in [3.63, 3.8) is 0 Å². The van der Waals surface area contributed by atoms with Crippen LogP contribution in [0.2, 0.25) is 0 Å². The lowest BCUT2D eigenvalue weighted by molar-refractivity contribution is -0.133. The van der Waals surface area contributed by atoms with E-state index in [1.54, 1.807) is 13.1 Å². The van der Waals surface area contributed by atoms with E-state index < -0.39 is 0 Å². The van der Waals surface area contributed by atoms with Gasteiger partial charge in [-0.05, 0) is 39.8 Å². The van der Waals surface area contributed by atoms with Gasteiger partial charge in [0, 0.05) is 20.1 Å². The van der Waals surface area contributed by atoms with Crippen LogP contribution >= 0.6 is 0 Å². The van der Waals surface area contributed by atoms with Gasteiger partial charge < -0.3 is 15.0 Å². The van der Waals surface area contributed by atoms with Crippen molar-refractivity contribution in [3.05, 3.63) is 17.8 Å². The van der Waals surface area contributed by atoms with E-state index in [2.05, 4.69) is 48.1 Å². The number of nitrogens with zero attached hydrogens (tertiary/aromatic N) is 3. The molecule has 0 radical (unpaired) electrons. The van der Waals surface area contributed by atoms with Gasteiger partial charge in [0.1, 0.15) is 0 Å². The zero-order chi connectivity index (χ0) is 15.0. The van der Waals surface area contributed by atoms with Gasteiger partial charge in [-0.2, -0.15) is 0 Å². The fourth-order valence-corrected chi connectivity index (χ4v) is 2.69. The lowest BCUT2D eigenvalue weighted by atomic mass is 9.99. The summed E-state index contributed by atoms with van der Waals surface area (Å²) in [5.74, 6) is 0.536. The largest absolute Gasteiger partial charge is 0.366 e. The molecule has 1 aromatic heterocycles. The maximum Gasteiger partial charge on any atom is 0.271 e. The molecule has 1 fully saturated rings. The van der Waals surface area contributed by atoms with Crippen molar-refractivity contribution in [1.29, 1.82) is 0 Å². The Morgan fingerprint density at radius 2 is 1.80 bits per heavy atom. The Balaban J connectivity index is 2.21. The van der Waals surface area contributed by atoms with Crippen LogP contribution in [0.4, 0.5) is 5.82 Å². The number of ether oxygens (including phenoxy) is 1. The SMILES string of the molecule is CNC(=O)c1ccc(N2CC(C)(C)OC(C)(C)C2)nn1. The zero-order valence-electron chi connectivity index (χ0n) is 12.7. The summed E-state index contributed by atoms with van der Waals surface area (Å²) in [5, 5.41) is 10.7. The van der Waals surface area contributed by atoms with Crippen molar-refractivity contribution < 1.29 is 9.53 Å². The fourth-order valence-electron chi connectivity index (χ4n) is 2.69. The van der Waals surface area contributed by atoms with E-state index in [4.69, 9.17) is 4.74 Å². The van der Waals surface area contributed by atoms with Crippen LogP contribution in [0.5, 0.6) is 0 Å². The normalized spacial score (nSPS) is 20.6. The highest BCUT2D eigenvalue weighted by atomic mass is 16.5. The summed E-state index contributed by atoms with van der Waals surface area (Å²) in [5.41, 5.74) is -0.172. The molecule has 0 atom stereocenters. The van der Waals surface area contributed by atoms with E-state index in [1.807, 2.05) is 6.07 Å². The van der Waals surface area contributed by atoms with Crippen molar-refractivity contribution in [1.82, 2.24) is 15.5 Å². The highest BCUT2D eigenvalue weighted by Gasteiger charge is 2.38. The van der Waals surface area contributed by atoms with Crippen molar-refractivity contribution in [2.45, 2.75) is 38.9 Å². The maximum atomic E-state index is 11.5. The standard InChI is InChI=1S/C14H22N4O2/c1-13(2)8-18(9-14(3,4)20-13)11-7-6-10(16-17-11)12(19)15-5/h6-7H,8-9H2,1-5H3,(H,15,19). The molecule has 0 aliphatic carbocycles. The fraction of sp³-hybridized carbons (Fsp3) is 0.643. The molecular formula is C14H22N4O2. The Morgan fingerprint density at radius 1 is 1.20 bits per heavy atom. The van der Waals surface area contributed by atoms with Gasteiger partial charge in [0.25, 0.3) is 5.91 Å². The number of hydrogen-bond donors (Lipinski definition) is 1. The molecule has 0 bridgehead atoms. The van der Waals surface area contributed by atoms with Crippen molar-refractivity contribution in [3.8, 4) is 0 Å². The van der Waals surface area contributed by atoms with Crippen LogP contribution in [0.25, 0.3) is 0 Å². The lowest BCUT2D eigenvalue weighted by Crippen LogP contribution is -2.57. The van der Waals surface area contributed by atoms with Crippen LogP contribution < -0.4 is 10.2 Å². The highest BCUT2D eigenvalue weighted by molar-refractivity contribution is 5.91. The van der Waals surface area contributed by atoms with Crippen LogP contribution in [0, 0.1) is 0 Å². The lowest BCUT2D eigenvalue weighted by Gasteiger charge is -2.47. The van der Waals surface area contributed by atoms with Gasteiger partial charge in [-0.25, -0.2) is 0 Å². The Labute approximate surface area is 119 Å². The third-order valence-corrected chi connectivity index (χ3v) is 3.13. The third-order valence-electron chi connectivity index (χ3n) is 3.13. The van der Waals surface area contributed by atoms with Gasteiger partial charge in [-0.1, -0.05) is 0 Å². The molecule has 2 rings (SSSR count). The first kappa shape index (κ1) is 14.7. The third kappa shape index (κ3) is 3.25. The number of aromatic nitrogens is 2. The summed E-state index contributed by atoms with van der Waals surface area (Å²) in [6.45, 7) is 9.73. The van der Waals surface area contributed by atoms with Gasteiger partial charge in [0.15, 0.2) is 11.5 Å². The van der Waals surface area contributed by atoms with Gasteiger partial charge in [0.2, 0.25) is 0 Å². The van der Waals surface area contributed by atoms with Crippen LogP contribution in [0.3, 0.4) is 0 Å². The number of rotatable bonds is 2. The molecule has 0 aromatic carbocycles. The maximum absolute atomic E-state index is 11.5. The van der Waals surface area contributed by atoms with E-state index in [0.717, 1.165) is 18.9 Å². The first-order valence-electron chi connectivity index (χ1n) is 6.73. The monoisotopic (exact) mass is 278 g/mol. The van der Waals surface area contributed by atoms with E-state index in [1.165, 1.54) is 0 Å². The minimum Gasteiger partial charge on any atom is -0.366 e. The number of carbonyl (C=O) groups excluding carboxylic acids is 1. The van der Waals surface area contributed by atoms with Gasteiger partial charge in [-0.3, -0.25) is 4.79 Å². The van der Waals surface area contributed by atoms with Gasteiger partial charge in [-0.15, -0.1) is 10.2 Å². The molecule has 110 valence electrons. The molecule has 1 N–H and O–H groups in total. The first-order valence-corrected chi connectivity index (χ1v) is 6.73.